The Labute approximate surface area is 486 Å². The molecule has 436 valence electrons. The third-order valence-corrected chi connectivity index (χ3v) is 15.8. The molecule has 0 N–H and O–H groups in total. The summed E-state index contributed by atoms with van der Waals surface area (Å²) in [4.78, 5) is 0. The van der Waals surface area contributed by atoms with E-state index in [0.717, 1.165) is 84.4 Å². The van der Waals surface area contributed by atoms with Crippen LogP contribution < -0.4 is 33.2 Å². The van der Waals surface area contributed by atoms with Gasteiger partial charge in [-0.25, -0.2) is 0 Å². The van der Waals surface area contributed by atoms with Crippen LogP contribution in [0.1, 0.15) is 187 Å². The minimum Gasteiger partial charge on any atom is -0.496 e. The second-order valence-corrected chi connectivity index (χ2v) is 27.4. The molecule has 0 aromatic heterocycles. The van der Waals surface area contributed by atoms with E-state index >= 15 is 0 Å². The van der Waals surface area contributed by atoms with E-state index in [9.17, 15) is 0 Å². The number of hydrogen-bond acceptors (Lipinski definition) is 9. The van der Waals surface area contributed by atoms with Crippen LogP contribution in [0.3, 0.4) is 0 Å². The van der Waals surface area contributed by atoms with Crippen LogP contribution in [0.15, 0.2) is 84.9 Å². The van der Waals surface area contributed by atoms with Gasteiger partial charge >= 0.3 is 0 Å². The first-order valence-corrected chi connectivity index (χ1v) is 29.3. The van der Waals surface area contributed by atoms with Gasteiger partial charge in [0.1, 0.15) is 55.2 Å². The molecular weight excluding hydrogens is 1010 g/mol. The van der Waals surface area contributed by atoms with Crippen molar-refractivity contribution in [2.75, 3.05) is 74.2 Å². The lowest BCUT2D eigenvalue weighted by molar-refractivity contribution is 0.0695. The summed E-state index contributed by atoms with van der Waals surface area (Å²) < 4.78 is 59.5. The summed E-state index contributed by atoms with van der Waals surface area (Å²) in [5, 5.41) is 0. The molecule has 81 heavy (non-hydrogen) atoms. The molecule has 1 aliphatic carbocycles. The van der Waals surface area contributed by atoms with Gasteiger partial charge in [0, 0.05) is 32.1 Å². The van der Waals surface area contributed by atoms with Crippen molar-refractivity contribution in [3.63, 3.8) is 0 Å². The molecule has 0 spiro atoms. The van der Waals surface area contributed by atoms with Gasteiger partial charge in [-0.1, -0.05) is 177 Å². The number of rotatable bonds is 3. The summed E-state index contributed by atoms with van der Waals surface area (Å²) in [6.07, 6.45) is 2.84. The molecule has 8 rings (SSSR count). The largest absolute Gasteiger partial charge is 0.496 e. The van der Waals surface area contributed by atoms with E-state index in [0.29, 0.717) is 96.5 Å². The minimum atomic E-state index is -0.198. The second kappa shape index (κ2) is 24.7. The molecule has 6 aromatic carbocycles. The third kappa shape index (κ3) is 14.7. The summed E-state index contributed by atoms with van der Waals surface area (Å²) in [6.45, 7) is 37.2. The van der Waals surface area contributed by atoms with Gasteiger partial charge in [-0.3, -0.25) is 0 Å². The van der Waals surface area contributed by atoms with Crippen molar-refractivity contribution in [2.24, 2.45) is 0 Å². The van der Waals surface area contributed by atoms with E-state index in [4.69, 9.17) is 42.6 Å². The van der Waals surface area contributed by atoms with Crippen LogP contribution in [0, 0.1) is 0 Å². The first-order valence-electron chi connectivity index (χ1n) is 29.3. The lowest BCUT2D eigenvalue weighted by Gasteiger charge is -2.29. The van der Waals surface area contributed by atoms with E-state index in [1.807, 2.05) is 45.6 Å². The fraction of sp³-hybridized carbons (Fsp3) is 0.500. The molecule has 0 fully saturated rings. The summed E-state index contributed by atoms with van der Waals surface area (Å²) in [7, 11) is 5.45. The summed E-state index contributed by atoms with van der Waals surface area (Å²) in [5.41, 5.74) is 16.1. The Morgan fingerprint density at radius 1 is 0.284 bits per heavy atom. The fourth-order valence-electron chi connectivity index (χ4n) is 11.2. The quantitative estimate of drug-likeness (QED) is 0.172. The molecule has 6 aromatic rings. The normalized spacial score (nSPS) is 15.4. The second-order valence-electron chi connectivity index (χ2n) is 27.4. The topological polar surface area (TPSA) is 83.1 Å². The van der Waals surface area contributed by atoms with Gasteiger partial charge < -0.3 is 42.6 Å². The first-order chi connectivity index (χ1) is 38.2. The molecule has 0 amide bonds. The van der Waals surface area contributed by atoms with Crippen molar-refractivity contribution in [3.8, 4) is 40.2 Å². The lowest BCUT2D eigenvalue weighted by atomic mass is 9.79. The van der Waals surface area contributed by atoms with Crippen molar-refractivity contribution in [3.05, 3.63) is 168 Å². The molecule has 1 aliphatic heterocycles. The number of hydrogen-bond donors (Lipinski definition) is 0. The van der Waals surface area contributed by atoms with Gasteiger partial charge in [0.15, 0.2) is 11.5 Å². The Bertz CT molecular complexity index is 2970. The predicted molar refractivity (Wildman–Crippen MR) is 329 cm³/mol. The van der Waals surface area contributed by atoms with Gasteiger partial charge in [-0.05, 0) is 123 Å². The van der Waals surface area contributed by atoms with Crippen LogP contribution in [0.25, 0.3) is 0 Å². The molecule has 12 bridgehead atoms. The van der Waals surface area contributed by atoms with Crippen molar-refractivity contribution in [1.29, 1.82) is 0 Å². The van der Waals surface area contributed by atoms with Crippen molar-refractivity contribution < 1.29 is 42.6 Å². The van der Waals surface area contributed by atoms with Crippen LogP contribution in [0.5, 0.6) is 40.2 Å². The smallest absolute Gasteiger partial charge is 0.161 e. The highest BCUT2D eigenvalue weighted by Gasteiger charge is 2.30. The predicted octanol–water partition coefficient (Wildman–Crippen LogP) is 15.7. The van der Waals surface area contributed by atoms with Gasteiger partial charge in [0.25, 0.3) is 0 Å². The maximum Gasteiger partial charge on any atom is 0.161 e. The van der Waals surface area contributed by atoms with Crippen LogP contribution in [0.4, 0.5) is 0 Å². The van der Waals surface area contributed by atoms with Crippen LogP contribution in [0.2, 0.25) is 0 Å². The van der Waals surface area contributed by atoms with E-state index < -0.39 is 0 Å². The molecule has 0 atom stereocenters. The maximum atomic E-state index is 7.18. The summed E-state index contributed by atoms with van der Waals surface area (Å²) in [6, 6.07) is 31.3. The standard InChI is InChI=1S/C72H94O9/c1-68(2,3)56-36-46-31-47-37-57(69(4,5)6)39-49(64(47)74-17)33-53-43-60(72(13,14)15)45-55-35-51-41-58(70(7,8)9)40-50(65(51)75-18)34-54-44-59(71(10,11)12)42-52(32-48(38-56)63(46)73-16)66(54)80-29-25-76-23-27-78-61-21-19-20-22-62(61)79-28-24-77-26-30-81-67(53)55/h19-22,36-45H,23-35H2,1-18H3. The Balaban J connectivity index is 1.48. The highest BCUT2D eigenvalue weighted by molar-refractivity contribution is 5.61. The Morgan fingerprint density at radius 3 is 0.716 bits per heavy atom. The van der Waals surface area contributed by atoms with E-state index in [2.05, 4.69) is 165 Å². The molecular formula is C72H94O9. The zero-order valence-electron chi connectivity index (χ0n) is 52.4. The highest BCUT2D eigenvalue weighted by atomic mass is 16.6. The van der Waals surface area contributed by atoms with Gasteiger partial charge in [0.05, 0.1) is 47.8 Å². The Hall–Kier alpha value is -6.16. The monoisotopic (exact) mass is 1100 g/mol. The van der Waals surface area contributed by atoms with Crippen molar-refractivity contribution in [2.45, 2.75) is 163 Å². The number of fused-ring (bicyclic) bond motifs is 5. The summed E-state index contributed by atoms with van der Waals surface area (Å²) >= 11 is 0. The number of benzene rings is 6. The van der Waals surface area contributed by atoms with E-state index in [1.54, 1.807) is 0 Å². The molecule has 0 radical (unpaired) electrons. The Kier molecular flexibility index (Phi) is 18.6. The molecule has 2 aliphatic rings. The average molecular weight is 1100 g/mol. The van der Waals surface area contributed by atoms with Gasteiger partial charge in [-0.2, -0.15) is 0 Å². The minimum absolute atomic E-state index is 0.179. The average Bonchev–Trinajstić information content (AvgIpc) is 3.38. The third-order valence-electron chi connectivity index (χ3n) is 15.8. The van der Waals surface area contributed by atoms with Crippen LogP contribution in [-0.4, -0.2) is 74.2 Å². The summed E-state index contributed by atoms with van der Waals surface area (Å²) in [5.74, 6) is 5.57. The number of para-hydroxylation sites is 2. The van der Waals surface area contributed by atoms with E-state index in [-0.39, 0.29) is 27.1 Å². The van der Waals surface area contributed by atoms with Crippen LogP contribution in [-0.2, 0) is 68.7 Å². The molecule has 0 unspecified atom stereocenters. The molecule has 0 saturated heterocycles. The molecule has 9 heteroatoms. The molecule has 9 nitrogen and oxygen atoms in total. The van der Waals surface area contributed by atoms with Gasteiger partial charge in [-0.15, -0.1) is 0 Å². The zero-order chi connectivity index (χ0) is 58.7. The fourth-order valence-corrected chi connectivity index (χ4v) is 11.2. The SMILES string of the molecule is COc1c2cc(C(C)(C)C)cc1Cc1cc(C(C)(C)C)cc3c1OCCOCCOc1ccccc1OCCOCCOc1c(cc(C(C)(C)C)cc1Cc1cc(C(C)(C)C)cc(c1OC)C3)Cc1cc(C(C)(C)C)cc(c1OC)C2. The maximum absolute atomic E-state index is 7.18. The highest BCUT2D eigenvalue weighted by Crippen LogP contribution is 2.45. The van der Waals surface area contributed by atoms with Gasteiger partial charge in [0.2, 0.25) is 0 Å². The van der Waals surface area contributed by atoms with Crippen molar-refractivity contribution >= 4 is 0 Å². The van der Waals surface area contributed by atoms with Crippen molar-refractivity contribution in [1.82, 2.24) is 0 Å². The zero-order valence-corrected chi connectivity index (χ0v) is 52.4. The first kappa shape index (κ1) is 60.9. The van der Waals surface area contributed by atoms with E-state index in [1.165, 1.54) is 27.8 Å². The lowest BCUT2D eigenvalue weighted by Crippen LogP contribution is -2.18. The number of ether oxygens (including phenoxy) is 9. The Morgan fingerprint density at radius 2 is 0.494 bits per heavy atom. The number of methoxy groups -OCH3 is 3. The molecule has 1 heterocycles. The molecule has 0 saturated carbocycles. The van der Waals surface area contributed by atoms with Crippen LogP contribution >= 0.6 is 0 Å².